The van der Waals surface area contributed by atoms with E-state index in [9.17, 15) is 5.26 Å². The van der Waals surface area contributed by atoms with Gasteiger partial charge in [-0.1, -0.05) is 23.7 Å². The molecule has 0 bridgehead atoms. The van der Waals surface area contributed by atoms with Gasteiger partial charge in [-0.2, -0.15) is 5.26 Å². The third-order valence-corrected chi connectivity index (χ3v) is 6.89. The Labute approximate surface area is 190 Å². The van der Waals surface area contributed by atoms with Crippen molar-refractivity contribution in [3.63, 3.8) is 0 Å². The highest BCUT2D eigenvalue weighted by molar-refractivity contribution is 7.13. The number of nitriles is 1. The van der Waals surface area contributed by atoms with Crippen molar-refractivity contribution in [2.45, 2.75) is 13.0 Å². The standard InChI is InChI=1S/C24H22ClN5S/c25-20-5-2-18(3-6-20)24-21(15-29-10-1-8-27-9-11-29)30-14-19(4-7-23(30)28-24)22-12-17(13-26)16-31-22/h2-7,12,14,16,27H,1,8-11,15H2. The van der Waals surface area contributed by atoms with Crippen LogP contribution in [0.15, 0.2) is 54.0 Å². The number of benzene rings is 1. The van der Waals surface area contributed by atoms with Gasteiger partial charge in [-0.15, -0.1) is 11.3 Å². The molecule has 0 aliphatic carbocycles. The molecule has 3 aromatic heterocycles. The van der Waals surface area contributed by atoms with Crippen molar-refractivity contribution in [1.82, 2.24) is 19.6 Å². The monoisotopic (exact) mass is 447 g/mol. The Morgan fingerprint density at radius 1 is 1.10 bits per heavy atom. The summed E-state index contributed by atoms with van der Waals surface area (Å²) >= 11 is 7.73. The van der Waals surface area contributed by atoms with Crippen LogP contribution in [0.1, 0.15) is 17.7 Å². The maximum Gasteiger partial charge on any atom is 0.137 e. The molecule has 1 aromatic carbocycles. The SMILES string of the molecule is N#Cc1csc(-c2ccc3nc(-c4ccc(Cl)cc4)c(CN4CCCNCC4)n3c2)c1. The van der Waals surface area contributed by atoms with E-state index >= 15 is 0 Å². The lowest BCUT2D eigenvalue weighted by molar-refractivity contribution is 0.281. The van der Waals surface area contributed by atoms with E-state index in [2.05, 4.69) is 39.0 Å². The van der Waals surface area contributed by atoms with Crippen LogP contribution >= 0.6 is 22.9 Å². The van der Waals surface area contributed by atoms with E-state index in [0.29, 0.717) is 5.56 Å². The normalized spacial score (nSPS) is 15.1. The molecule has 5 nitrogen and oxygen atoms in total. The largest absolute Gasteiger partial charge is 0.315 e. The van der Waals surface area contributed by atoms with Gasteiger partial charge in [-0.25, -0.2) is 4.98 Å². The molecule has 1 aliphatic heterocycles. The Bertz CT molecular complexity index is 1240. The van der Waals surface area contributed by atoms with Gasteiger partial charge in [-0.05, 0) is 49.8 Å². The highest BCUT2D eigenvalue weighted by Gasteiger charge is 2.19. The summed E-state index contributed by atoms with van der Waals surface area (Å²) in [7, 11) is 0. The fraction of sp³-hybridized carbons (Fsp3) is 0.250. The molecule has 7 heteroatoms. The van der Waals surface area contributed by atoms with Gasteiger partial charge in [0.25, 0.3) is 0 Å². The first kappa shape index (κ1) is 20.2. The number of hydrogen-bond acceptors (Lipinski definition) is 5. The highest BCUT2D eigenvalue weighted by Crippen LogP contribution is 2.31. The second-order valence-corrected chi connectivity index (χ2v) is 9.10. The summed E-state index contributed by atoms with van der Waals surface area (Å²) < 4.78 is 2.21. The number of pyridine rings is 1. The zero-order valence-electron chi connectivity index (χ0n) is 17.0. The average Bonchev–Trinajstić information content (AvgIpc) is 3.32. The number of hydrogen-bond donors (Lipinski definition) is 1. The maximum absolute atomic E-state index is 9.19. The molecule has 1 aliphatic rings. The Balaban J connectivity index is 1.62. The number of aromatic nitrogens is 2. The molecule has 0 radical (unpaired) electrons. The van der Waals surface area contributed by atoms with E-state index in [-0.39, 0.29) is 0 Å². The Kier molecular flexibility index (Phi) is 5.75. The summed E-state index contributed by atoms with van der Waals surface area (Å²) in [6.07, 6.45) is 3.30. The van der Waals surface area contributed by atoms with Gasteiger partial charge in [0, 0.05) is 52.2 Å². The second kappa shape index (κ2) is 8.81. The van der Waals surface area contributed by atoms with Gasteiger partial charge in [0.05, 0.1) is 17.0 Å². The van der Waals surface area contributed by atoms with Crippen LogP contribution in [-0.2, 0) is 6.54 Å². The van der Waals surface area contributed by atoms with E-state index in [1.165, 1.54) is 5.69 Å². The number of nitrogens with one attached hydrogen (secondary N) is 1. The molecule has 1 fully saturated rings. The van der Waals surface area contributed by atoms with Crippen molar-refractivity contribution >= 4 is 28.6 Å². The zero-order chi connectivity index (χ0) is 21.2. The van der Waals surface area contributed by atoms with E-state index < -0.39 is 0 Å². The van der Waals surface area contributed by atoms with Crippen LogP contribution in [0, 0.1) is 11.3 Å². The summed E-state index contributed by atoms with van der Waals surface area (Å²) in [6, 6.07) is 16.2. The third kappa shape index (κ3) is 4.23. The van der Waals surface area contributed by atoms with Crippen molar-refractivity contribution in [1.29, 1.82) is 5.26 Å². The predicted molar refractivity (Wildman–Crippen MR) is 126 cm³/mol. The van der Waals surface area contributed by atoms with Gasteiger partial charge in [-0.3, -0.25) is 4.90 Å². The molecular weight excluding hydrogens is 426 g/mol. The van der Waals surface area contributed by atoms with E-state index in [0.717, 1.165) is 71.5 Å². The average molecular weight is 448 g/mol. The highest BCUT2D eigenvalue weighted by atomic mass is 35.5. The maximum atomic E-state index is 9.19. The molecule has 0 saturated carbocycles. The van der Waals surface area contributed by atoms with Gasteiger partial charge in [0.15, 0.2) is 0 Å². The molecule has 4 heterocycles. The van der Waals surface area contributed by atoms with Gasteiger partial charge >= 0.3 is 0 Å². The van der Waals surface area contributed by atoms with Gasteiger partial charge in [0.2, 0.25) is 0 Å². The molecule has 0 unspecified atom stereocenters. The molecule has 1 N–H and O–H groups in total. The van der Waals surface area contributed by atoms with Crippen LogP contribution < -0.4 is 5.32 Å². The quantitative estimate of drug-likeness (QED) is 0.475. The topological polar surface area (TPSA) is 56.4 Å². The summed E-state index contributed by atoms with van der Waals surface area (Å²) in [6.45, 7) is 4.99. The van der Waals surface area contributed by atoms with Crippen LogP contribution in [0.3, 0.4) is 0 Å². The minimum absolute atomic E-state index is 0.699. The smallest absolute Gasteiger partial charge is 0.137 e. The van der Waals surface area contributed by atoms with Crippen molar-refractivity contribution < 1.29 is 0 Å². The number of fused-ring (bicyclic) bond motifs is 1. The first-order valence-corrected chi connectivity index (χ1v) is 11.7. The van der Waals surface area contributed by atoms with Crippen LogP contribution in [0.2, 0.25) is 5.02 Å². The third-order valence-electron chi connectivity index (χ3n) is 5.65. The first-order chi connectivity index (χ1) is 15.2. The predicted octanol–water partition coefficient (Wildman–Crippen LogP) is 5.05. The summed E-state index contributed by atoms with van der Waals surface area (Å²) in [5.74, 6) is 0. The van der Waals surface area contributed by atoms with Crippen LogP contribution in [0.5, 0.6) is 0 Å². The summed E-state index contributed by atoms with van der Waals surface area (Å²) in [4.78, 5) is 8.57. The molecule has 0 spiro atoms. The molecular formula is C24H22ClN5S. The number of imidazole rings is 1. The van der Waals surface area contributed by atoms with Crippen molar-refractivity contribution in [2.75, 3.05) is 26.2 Å². The first-order valence-electron chi connectivity index (χ1n) is 10.4. The lowest BCUT2D eigenvalue weighted by atomic mass is 10.1. The molecule has 5 rings (SSSR count). The summed E-state index contributed by atoms with van der Waals surface area (Å²) in [5, 5.41) is 15.3. The van der Waals surface area contributed by atoms with E-state index in [1.807, 2.05) is 35.7 Å². The van der Waals surface area contributed by atoms with E-state index in [4.69, 9.17) is 16.6 Å². The van der Waals surface area contributed by atoms with Crippen LogP contribution in [0.25, 0.3) is 27.3 Å². The molecule has 0 atom stereocenters. The van der Waals surface area contributed by atoms with Crippen molar-refractivity contribution in [3.8, 4) is 27.8 Å². The van der Waals surface area contributed by atoms with Crippen molar-refractivity contribution in [3.05, 3.63) is 70.3 Å². The zero-order valence-corrected chi connectivity index (χ0v) is 18.6. The fourth-order valence-electron chi connectivity index (χ4n) is 4.05. The van der Waals surface area contributed by atoms with Crippen LogP contribution in [-0.4, -0.2) is 40.5 Å². The Morgan fingerprint density at radius 3 is 2.74 bits per heavy atom. The number of thiophene rings is 1. The fourth-order valence-corrected chi connectivity index (χ4v) is 5.00. The minimum atomic E-state index is 0.699. The molecule has 4 aromatic rings. The Hall–Kier alpha value is -2.69. The second-order valence-electron chi connectivity index (χ2n) is 7.75. The molecule has 1 saturated heterocycles. The Morgan fingerprint density at radius 2 is 1.94 bits per heavy atom. The number of halogens is 1. The van der Waals surface area contributed by atoms with Crippen molar-refractivity contribution in [2.24, 2.45) is 0 Å². The van der Waals surface area contributed by atoms with E-state index in [1.54, 1.807) is 11.3 Å². The minimum Gasteiger partial charge on any atom is -0.315 e. The van der Waals surface area contributed by atoms with Gasteiger partial charge in [0.1, 0.15) is 11.7 Å². The molecule has 0 amide bonds. The lowest BCUT2D eigenvalue weighted by Gasteiger charge is -2.20. The lowest BCUT2D eigenvalue weighted by Crippen LogP contribution is -2.28. The summed E-state index contributed by atoms with van der Waals surface area (Å²) in [5.41, 5.74) is 5.96. The van der Waals surface area contributed by atoms with Crippen LogP contribution in [0.4, 0.5) is 0 Å². The molecule has 31 heavy (non-hydrogen) atoms. The number of rotatable bonds is 4. The van der Waals surface area contributed by atoms with Gasteiger partial charge < -0.3 is 9.72 Å². The molecule has 156 valence electrons. The number of nitrogens with zero attached hydrogens (tertiary/aromatic N) is 4.